The van der Waals surface area contributed by atoms with E-state index < -0.39 is 0 Å². The minimum atomic E-state index is -0.0498. The SMILES string of the molecule is CCCN1CC[C@H](c2ccccc2)[C@H](c2ccc(O)c(O)c2)C1. The molecule has 0 aliphatic carbocycles. The molecule has 1 heterocycles. The van der Waals surface area contributed by atoms with Crippen LogP contribution in [0.25, 0.3) is 0 Å². The third kappa shape index (κ3) is 3.50. The van der Waals surface area contributed by atoms with Crippen LogP contribution in [0.4, 0.5) is 0 Å². The molecule has 23 heavy (non-hydrogen) atoms. The van der Waals surface area contributed by atoms with Crippen LogP contribution in [-0.2, 0) is 0 Å². The van der Waals surface area contributed by atoms with Crippen LogP contribution in [0.5, 0.6) is 11.5 Å². The van der Waals surface area contributed by atoms with E-state index in [2.05, 4.69) is 42.2 Å². The monoisotopic (exact) mass is 311 g/mol. The van der Waals surface area contributed by atoms with E-state index >= 15 is 0 Å². The zero-order valence-corrected chi connectivity index (χ0v) is 13.7. The molecule has 0 aromatic heterocycles. The van der Waals surface area contributed by atoms with Crippen molar-refractivity contribution in [3.63, 3.8) is 0 Å². The van der Waals surface area contributed by atoms with E-state index in [1.54, 1.807) is 12.1 Å². The van der Waals surface area contributed by atoms with Gasteiger partial charge in [-0.15, -0.1) is 0 Å². The van der Waals surface area contributed by atoms with Crippen molar-refractivity contribution in [2.75, 3.05) is 19.6 Å². The lowest BCUT2D eigenvalue weighted by molar-refractivity contribution is 0.189. The van der Waals surface area contributed by atoms with Gasteiger partial charge in [0.25, 0.3) is 0 Å². The number of hydrogen-bond acceptors (Lipinski definition) is 3. The molecular formula is C20H25NO2. The lowest BCUT2D eigenvalue weighted by atomic mass is 9.76. The highest BCUT2D eigenvalue weighted by Gasteiger charge is 2.31. The van der Waals surface area contributed by atoms with Crippen molar-refractivity contribution >= 4 is 0 Å². The highest BCUT2D eigenvalue weighted by atomic mass is 16.3. The first-order valence-electron chi connectivity index (χ1n) is 8.48. The van der Waals surface area contributed by atoms with Crippen LogP contribution in [-0.4, -0.2) is 34.7 Å². The Labute approximate surface area is 138 Å². The molecule has 0 spiro atoms. The van der Waals surface area contributed by atoms with Gasteiger partial charge in [-0.25, -0.2) is 0 Å². The second-order valence-electron chi connectivity index (χ2n) is 6.46. The molecule has 1 aliphatic rings. The average Bonchev–Trinajstić information content (AvgIpc) is 2.58. The number of nitrogens with zero attached hydrogens (tertiary/aromatic N) is 1. The van der Waals surface area contributed by atoms with Gasteiger partial charge in [-0.3, -0.25) is 0 Å². The van der Waals surface area contributed by atoms with Crippen LogP contribution in [0.15, 0.2) is 48.5 Å². The van der Waals surface area contributed by atoms with Gasteiger partial charge in [0.15, 0.2) is 11.5 Å². The third-order valence-electron chi connectivity index (χ3n) is 4.89. The maximum atomic E-state index is 9.89. The number of hydrogen-bond donors (Lipinski definition) is 2. The maximum Gasteiger partial charge on any atom is 0.157 e. The highest BCUT2D eigenvalue weighted by Crippen LogP contribution is 2.41. The fourth-order valence-electron chi connectivity index (χ4n) is 3.75. The van der Waals surface area contributed by atoms with E-state index in [4.69, 9.17) is 0 Å². The molecule has 0 bridgehead atoms. The van der Waals surface area contributed by atoms with Crippen molar-refractivity contribution in [2.24, 2.45) is 0 Å². The molecule has 1 saturated heterocycles. The molecule has 122 valence electrons. The first-order valence-corrected chi connectivity index (χ1v) is 8.48. The Hall–Kier alpha value is -2.00. The molecular weight excluding hydrogens is 286 g/mol. The molecule has 1 aliphatic heterocycles. The van der Waals surface area contributed by atoms with E-state index in [0.29, 0.717) is 11.8 Å². The molecule has 3 heteroatoms. The number of phenols is 2. The molecule has 1 fully saturated rings. The molecule has 2 aromatic rings. The zero-order chi connectivity index (χ0) is 16.2. The summed E-state index contributed by atoms with van der Waals surface area (Å²) < 4.78 is 0. The Bertz CT molecular complexity index is 641. The van der Waals surface area contributed by atoms with Gasteiger partial charge in [0.1, 0.15) is 0 Å². The molecule has 2 atom stereocenters. The number of benzene rings is 2. The summed E-state index contributed by atoms with van der Waals surface area (Å²) in [6.45, 7) is 5.44. The number of aromatic hydroxyl groups is 2. The number of phenolic OH excluding ortho intramolecular Hbond substituents is 2. The lowest BCUT2D eigenvalue weighted by Crippen LogP contribution is -2.38. The summed E-state index contributed by atoms with van der Waals surface area (Å²) in [6, 6.07) is 15.9. The molecule has 0 radical (unpaired) electrons. The van der Waals surface area contributed by atoms with Crippen molar-refractivity contribution in [3.05, 3.63) is 59.7 Å². The summed E-state index contributed by atoms with van der Waals surface area (Å²) in [4.78, 5) is 2.51. The highest BCUT2D eigenvalue weighted by molar-refractivity contribution is 5.43. The van der Waals surface area contributed by atoms with Crippen LogP contribution in [0.1, 0.15) is 42.7 Å². The topological polar surface area (TPSA) is 43.7 Å². The van der Waals surface area contributed by atoms with Crippen molar-refractivity contribution in [1.82, 2.24) is 4.90 Å². The fourth-order valence-corrected chi connectivity index (χ4v) is 3.75. The van der Waals surface area contributed by atoms with Gasteiger partial charge in [0.2, 0.25) is 0 Å². The first kappa shape index (κ1) is 15.9. The maximum absolute atomic E-state index is 9.89. The predicted octanol–water partition coefficient (Wildman–Crippen LogP) is 4.08. The molecule has 3 rings (SSSR count). The summed E-state index contributed by atoms with van der Waals surface area (Å²) >= 11 is 0. The minimum Gasteiger partial charge on any atom is -0.504 e. The Balaban J connectivity index is 1.92. The van der Waals surface area contributed by atoms with Crippen LogP contribution in [0.2, 0.25) is 0 Å². The van der Waals surface area contributed by atoms with E-state index in [9.17, 15) is 10.2 Å². The summed E-state index contributed by atoms with van der Waals surface area (Å²) in [5.74, 6) is 0.714. The molecule has 0 unspecified atom stereocenters. The lowest BCUT2D eigenvalue weighted by Gasteiger charge is -2.39. The Kier molecular flexibility index (Phi) is 4.87. The smallest absolute Gasteiger partial charge is 0.157 e. The normalized spacial score (nSPS) is 22.1. The summed E-state index contributed by atoms with van der Waals surface area (Å²) in [5.41, 5.74) is 2.47. The van der Waals surface area contributed by atoms with Crippen LogP contribution in [0, 0.1) is 0 Å². The quantitative estimate of drug-likeness (QED) is 0.836. The van der Waals surface area contributed by atoms with Crippen LogP contribution >= 0.6 is 0 Å². The Morgan fingerprint density at radius 2 is 1.74 bits per heavy atom. The third-order valence-corrected chi connectivity index (χ3v) is 4.89. The number of likely N-dealkylation sites (tertiary alicyclic amines) is 1. The van der Waals surface area contributed by atoms with E-state index in [1.807, 2.05) is 6.07 Å². The van der Waals surface area contributed by atoms with Gasteiger partial charge >= 0.3 is 0 Å². The van der Waals surface area contributed by atoms with Crippen molar-refractivity contribution in [2.45, 2.75) is 31.6 Å². The van der Waals surface area contributed by atoms with Crippen molar-refractivity contribution in [1.29, 1.82) is 0 Å². The second-order valence-corrected chi connectivity index (χ2v) is 6.46. The average molecular weight is 311 g/mol. The summed E-state index contributed by atoms with van der Waals surface area (Å²) in [7, 11) is 0. The largest absolute Gasteiger partial charge is 0.504 e. The van der Waals surface area contributed by atoms with Gasteiger partial charge in [0, 0.05) is 12.5 Å². The van der Waals surface area contributed by atoms with E-state index in [0.717, 1.165) is 38.0 Å². The molecule has 0 saturated carbocycles. The van der Waals surface area contributed by atoms with Gasteiger partial charge in [-0.1, -0.05) is 43.3 Å². The van der Waals surface area contributed by atoms with Gasteiger partial charge < -0.3 is 15.1 Å². The first-order chi connectivity index (χ1) is 11.2. The minimum absolute atomic E-state index is 0.0260. The molecule has 3 nitrogen and oxygen atoms in total. The fraction of sp³-hybridized carbons (Fsp3) is 0.400. The van der Waals surface area contributed by atoms with Crippen molar-refractivity contribution < 1.29 is 10.2 Å². The number of piperidine rings is 1. The van der Waals surface area contributed by atoms with E-state index in [1.165, 1.54) is 5.56 Å². The van der Waals surface area contributed by atoms with Crippen LogP contribution in [0.3, 0.4) is 0 Å². The predicted molar refractivity (Wildman–Crippen MR) is 93.0 cm³/mol. The van der Waals surface area contributed by atoms with Gasteiger partial charge in [0.05, 0.1) is 0 Å². The molecule has 2 aromatic carbocycles. The van der Waals surface area contributed by atoms with E-state index in [-0.39, 0.29) is 11.5 Å². The zero-order valence-electron chi connectivity index (χ0n) is 13.7. The second kappa shape index (κ2) is 7.05. The van der Waals surface area contributed by atoms with Crippen LogP contribution < -0.4 is 0 Å². The molecule has 0 amide bonds. The summed E-state index contributed by atoms with van der Waals surface area (Å²) in [5, 5.41) is 19.5. The Morgan fingerprint density at radius 3 is 2.43 bits per heavy atom. The van der Waals surface area contributed by atoms with Crippen molar-refractivity contribution in [3.8, 4) is 11.5 Å². The summed E-state index contributed by atoms with van der Waals surface area (Å²) in [6.07, 6.45) is 2.28. The van der Waals surface area contributed by atoms with Gasteiger partial charge in [-0.05, 0) is 55.1 Å². The Morgan fingerprint density at radius 1 is 0.957 bits per heavy atom. The molecule has 2 N–H and O–H groups in total. The van der Waals surface area contributed by atoms with Gasteiger partial charge in [-0.2, -0.15) is 0 Å². The standard InChI is InChI=1S/C20H25NO2/c1-2-11-21-12-10-17(15-6-4-3-5-7-15)18(14-21)16-8-9-19(22)20(23)13-16/h3-9,13,17-18,22-23H,2,10-12,14H2,1H3/t17-,18+/m1/s1. The number of rotatable bonds is 4.